The van der Waals surface area contributed by atoms with Crippen LogP contribution in [0.5, 0.6) is 0 Å². The van der Waals surface area contributed by atoms with Crippen LogP contribution in [-0.2, 0) is 6.42 Å². The van der Waals surface area contributed by atoms with Crippen LogP contribution >= 0.6 is 23.2 Å². The highest BCUT2D eigenvalue weighted by Gasteiger charge is 2.33. The first-order valence-electron chi connectivity index (χ1n) is 5.55. The quantitative estimate of drug-likeness (QED) is 0.676. The molecule has 0 N–H and O–H groups in total. The predicted octanol–water partition coefficient (Wildman–Crippen LogP) is 4.68. The van der Waals surface area contributed by atoms with Gasteiger partial charge < -0.3 is 0 Å². The summed E-state index contributed by atoms with van der Waals surface area (Å²) in [4.78, 5) is 0. The molecule has 1 fully saturated rings. The fourth-order valence-corrected chi connectivity index (χ4v) is 3.09. The van der Waals surface area contributed by atoms with E-state index in [4.69, 9.17) is 23.2 Å². The Balaban J connectivity index is 2.16. The number of benzene rings is 1. The normalized spacial score (nSPS) is 19.3. The van der Waals surface area contributed by atoms with E-state index in [9.17, 15) is 0 Å². The number of alkyl halides is 1. The van der Waals surface area contributed by atoms with Gasteiger partial charge >= 0.3 is 0 Å². The van der Waals surface area contributed by atoms with Gasteiger partial charge in [0.25, 0.3) is 0 Å². The lowest BCUT2D eigenvalue weighted by molar-refractivity contribution is 0.341. The third-order valence-electron chi connectivity index (χ3n) is 3.47. The highest BCUT2D eigenvalue weighted by atomic mass is 35.5. The van der Waals surface area contributed by atoms with Crippen molar-refractivity contribution in [1.29, 1.82) is 0 Å². The minimum absolute atomic E-state index is 0.312. The molecule has 0 amide bonds. The molecule has 0 unspecified atom stereocenters. The molecule has 15 heavy (non-hydrogen) atoms. The molecule has 0 aromatic heterocycles. The summed E-state index contributed by atoms with van der Waals surface area (Å²) >= 11 is 12.3. The molecular formula is C13H16Cl2. The van der Waals surface area contributed by atoms with Gasteiger partial charge in [-0.05, 0) is 36.3 Å². The molecule has 0 radical (unpaired) electrons. The van der Waals surface area contributed by atoms with E-state index in [0.717, 1.165) is 17.3 Å². The van der Waals surface area contributed by atoms with E-state index in [1.807, 2.05) is 12.1 Å². The van der Waals surface area contributed by atoms with Crippen molar-refractivity contribution in [2.75, 3.05) is 5.88 Å². The fourth-order valence-electron chi connectivity index (χ4n) is 2.53. The Kier molecular flexibility index (Phi) is 3.58. The van der Waals surface area contributed by atoms with Crippen molar-refractivity contribution >= 4 is 23.2 Å². The number of halogens is 2. The molecule has 0 aliphatic heterocycles. The summed E-state index contributed by atoms with van der Waals surface area (Å²) in [5.41, 5.74) is 1.56. The Morgan fingerprint density at radius 1 is 1.13 bits per heavy atom. The maximum absolute atomic E-state index is 6.18. The molecule has 1 aromatic rings. The van der Waals surface area contributed by atoms with Gasteiger partial charge in [-0.3, -0.25) is 0 Å². The van der Waals surface area contributed by atoms with E-state index in [0.29, 0.717) is 5.41 Å². The van der Waals surface area contributed by atoms with Crippen LogP contribution < -0.4 is 0 Å². The summed E-state index contributed by atoms with van der Waals surface area (Å²) in [5, 5.41) is 0.883. The second-order valence-corrected chi connectivity index (χ2v) is 5.28. The van der Waals surface area contributed by atoms with Gasteiger partial charge in [0, 0.05) is 10.9 Å². The average Bonchev–Trinajstić information content (AvgIpc) is 2.71. The molecular weight excluding hydrogens is 227 g/mol. The topological polar surface area (TPSA) is 0 Å². The van der Waals surface area contributed by atoms with Crippen LogP contribution in [0.3, 0.4) is 0 Å². The molecule has 0 nitrogen and oxygen atoms in total. The summed E-state index contributed by atoms with van der Waals surface area (Å²) in [5.74, 6) is 0.762. The lowest BCUT2D eigenvalue weighted by atomic mass is 9.82. The molecule has 0 heterocycles. The SMILES string of the molecule is ClCC1(Cc2ccccc2Cl)CCCC1. The predicted molar refractivity (Wildman–Crippen MR) is 66.8 cm³/mol. The fraction of sp³-hybridized carbons (Fsp3) is 0.538. The highest BCUT2D eigenvalue weighted by Crippen LogP contribution is 2.42. The Morgan fingerprint density at radius 2 is 1.80 bits per heavy atom. The first kappa shape index (κ1) is 11.3. The zero-order valence-corrected chi connectivity index (χ0v) is 10.3. The number of hydrogen-bond acceptors (Lipinski definition) is 0. The molecule has 82 valence electrons. The number of rotatable bonds is 3. The molecule has 0 atom stereocenters. The Hall–Kier alpha value is -0.200. The molecule has 1 saturated carbocycles. The largest absolute Gasteiger partial charge is 0.126 e. The summed E-state index contributed by atoms with van der Waals surface area (Å²) in [6, 6.07) is 8.12. The van der Waals surface area contributed by atoms with Crippen molar-refractivity contribution in [2.45, 2.75) is 32.1 Å². The molecule has 1 aliphatic rings. The third-order valence-corrected chi connectivity index (χ3v) is 4.41. The minimum Gasteiger partial charge on any atom is -0.126 e. The number of hydrogen-bond donors (Lipinski definition) is 0. The molecule has 1 aliphatic carbocycles. The van der Waals surface area contributed by atoms with E-state index >= 15 is 0 Å². The maximum Gasteiger partial charge on any atom is 0.0438 e. The maximum atomic E-state index is 6.18. The summed E-state index contributed by atoms with van der Waals surface area (Å²) in [6.07, 6.45) is 6.17. The first-order chi connectivity index (χ1) is 7.26. The van der Waals surface area contributed by atoms with Crippen LogP contribution in [0.4, 0.5) is 0 Å². The highest BCUT2D eigenvalue weighted by molar-refractivity contribution is 6.31. The van der Waals surface area contributed by atoms with Crippen molar-refractivity contribution in [3.8, 4) is 0 Å². The van der Waals surface area contributed by atoms with Gasteiger partial charge in [-0.2, -0.15) is 0 Å². The molecule has 2 rings (SSSR count). The summed E-state index contributed by atoms with van der Waals surface area (Å²) in [6.45, 7) is 0. The van der Waals surface area contributed by atoms with Crippen molar-refractivity contribution < 1.29 is 0 Å². The second-order valence-electron chi connectivity index (χ2n) is 4.61. The molecule has 0 bridgehead atoms. The monoisotopic (exact) mass is 242 g/mol. The molecule has 1 aromatic carbocycles. The lowest BCUT2D eigenvalue weighted by Gasteiger charge is -2.26. The zero-order chi connectivity index (χ0) is 10.7. The minimum atomic E-state index is 0.312. The van der Waals surface area contributed by atoms with Gasteiger partial charge in [0.1, 0.15) is 0 Å². The van der Waals surface area contributed by atoms with E-state index in [1.54, 1.807) is 0 Å². The van der Waals surface area contributed by atoms with E-state index in [1.165, 1.54) is 31.2 Å². The second kappa shape index (κ2) is 4.76. The van der Waals surface area contributed by atoms with Crippen LogP contribution in [0.25, 0.3) is 0 Å². The van der Waals surface area contributed by atoms with Crippen molar-refractivity contribution in [3.05, 3.63) is 34.9 Å². The Morgan fingerprint density at radius 3 is 2.40 bits per heavy atom. The van der Waals surface area contributed by atoms with Gasteiger partial charge in [0.05, 0.1) is 0 Å². The molecule has 0 saturated heterocycles. The van der Waals surface area contributed by atoms with Gasteiger partial charge in [-0.25, -0.2) is 0 Å². The summed E-state index contributed by atoms with van der Waals surface area (Å²) < 4.78 is 0. The average molecular weight is 243 g/mol. The van der Waals surface area contributed by atoms with Crippen LogP contribution in [-0.4, -0.2) is 5.88 Å². The standard InChI is InChI=1S/C13H16Cl2/c14-10-13(7-3-4-8-13)9-11-5-1-2-6-12(11)15/h1-2,5-6H,3-4,7-10H2. The molecule has 0 spiro atoms. The van der Waals surface area contributed by atoms with Gasteiger partial charge in [0.2, 0.25) is 0 Å². The smallest absolute Gasteiger partial charge is 0.0438 e. The van der Waals surface area contributed by atoms with Crippen LogP contribution in [0.15, 0.2) is 24.3 Å². The van der Waals surface area contributed by atoms with Crippen LogP contribution in [0.1, 0.15) is 31.2 Å². The summed E-state index contributed by atoms with van der Waals surface area (Å²) in [7, 11) is 0. The van der Waals surface area contributed by atoms with E-state index in [-0.39, 0.29) is 0 Å². The Labute approximate surface area is 102 Å². The van der Waals surface area contributed by atoms with Crippen molar-refractivity contribution in [1.82, 2.24) is 0 Å². The van der Waals surface area contributed by atoms with E-state index in [2.05, 4.69) is 12.1 Å². The zero-order valence-electron chi connectivity index (χ0n) is 8.81. The van der Waals surface area contributed by atoms with Crippen molar-refractivity contribution in [2.24, 2.45) is 5.41 Å². The van der Waals surface area contributed by atoms with Crippen LogP contribution in [0, 0.1) is 5.41 Å². The van der Waals surface area contributed by atoms with Gasteiger partial charge in [0.15, 0.2) is 0 Å². The van der Waals surface area contributed by atoms with Crippen LogP contribution in [0.2, 0.25) is 5.02 Å². The first-order valence-corrected chi connectivity index (χ1v) is 6.46. The van der Waals surface area contributed by atoms with Gasteiger partial charge in [-0.15, -0.1) is 11.6 Å². The van der Waals surface area contributed by atoms with Gasteiger partial charge in [-0.1, -0.05) is 42.6 Å². The third kappa shape index (κ3) is 2.49. The van der Waals surface area contributed by atoms with Crippen molar-refractivity contribution in [3.63, 3.8) is 0 Å². The lowest BCUT2D eigenvalue weighted by Crippen LogP contribution is -2.21. The van der Waals surface area contributed by atoms with E-state index < -0.39 is 0 Å². The Bertz CT molecular complexity index is 327. The molecule has 2 heteroatoms.